The third kappa shape index (κ3) is 6.94. The highest BCUT2D eigenvalue weighted by molar-refractivity contribution is 5.68. The first kappa shape index (κ1) is 23.0. The number of ether oxygens (including phenoxy) is 4. The number of rotatable bonds is 11. The van der Waals surface area contributed by atoms with E-state index in [-0.39, 0.29) is 12.7 Å². The van der Waals surface area contributed by atoms with Gasteiger partial charge in [0.05, 0.1) is 12.7 Å². The van der Waals surface area contributed by atoms with Gasteiger partial charge < -0.3 is 24.1 Å². The van der Waals surface area contributed by atoms with Crippen LogP contribution in [0.4, 0.5) is 0 Å². The largest absolute Gasteiger partial charge is 0.493 e. The number of hydrogen-bond donors (Lipinski definition) is 1. The van der Waals surface area contributed by atoms with Gasteiger partial charge in [0.1, 0.15) is 17.2 Å². The van der Waals surface area contributed by atoms with E-state index in [1.165, 1.54) is 0 Å². The first-order valence-corrected chi connectivity index (χ1v) is 10.5. The molecule has 0 aromatic heterocycles. The van der Waals surface area contributed by atoms with Gasteiger partial charge in [-0.05, 0) is 74.4 Å². The third-order valence-corrected chi connectivity index (χ3v) is 4.69. The Hall–Kier alpha value is -3.67. The van der Waals surface area contributed by atoms with Crippen molar-refractivity contribution < 1.29 is 28.8 Å². The molecule has 0 saturated carbocycles. The van der Waals surface area contributed by atoms with Crippen LogP contribution in [0.3, 0.4) is 0 Å². The Balaban J connectivity index is 1.53. The molecule has 3 aromatic rings. The monoisotopic (exact) mass is 436 g/mol. The van der Waals surface area contributed by atoms with Crippen molar-refractivity contribution in [3.8, 4) is 28.7 Å². The lowest BCUT2D eigenvalue weighted by atomic mass is 10.2. The lowest BCUT2D eigenvalue weighted by Crippen LogP contribution is -2.16. The molecule has 3 aromatic carbocycles. The number of carbonyl (C=O) groups is 1. The second kappa shape index (κ2) is 11.1. The van der Waals surface area contributed by atoms with Crippen molar-refractivity contribution in [1.29, 1.82) is 0 Å². The van der Waals surface area contributed by atoms with Gasteiger partial charge in [-0.1, -0.05) is 24.3 Å². The highest BCUT2D eigenvalue weighted by Crippen LogP contribution is 2.33. The summed E-state index contributed by atoms with van der Waals surface area (Å²) >= 11 is 0. The van der Waals surface area contributed by atoms with Crippen LogP contribution in [0, 0.1) is 13.8 Å². The van der Waals surface area contributed by atoms with Crippen molar-refractivity contribution in [1.82, 2.24) is 0 Å². The van der Waals surface area contributed by atoms with Crippen LogP contribution in [0.15, 0.2) is 66.7 Å². The molecule has 0 unspecified atom stereocenters. The lowest BCUT2D eigenvalue weighted by Gasteiger charge is -2.18. The first-order valence-electron chi connectivity index (χ1n) is 10.5. The number of hydrogen-bond acceptors (Lipinski definition) is 5. The molecule has 6 heteroatoms. The Morgan fingerprint density at radius 3 is 2.34 bits per heavy atom. The van der Waals surface area contributed by atoms with Gasteiger partial charge in [-0.15, -0.1) is 0 Å². The van der Waals surface area contributed by atoms with Gasteiger partial charge in [0.2, 0.25) is 0 Å². The zero-order valence-electron chi connectivity index (χ0n) is 18.5. The topological polar surface area (TPSA) is 74.2 Å². The van der Waals surface area contributed by atoms with E-state index in [1.54, 1.807) is 12.1 Å². The average Bonchev–Trinajstić information content (AvgIpc) is 2.76. The predicted molar refractivity (Wildman–Crippen MR) is 122 cm³/mol. The molecule has 32 heavy (non-hydrogen) atoms. The van der Waals surface area contributed by atoms with E-state index in [0.29, 0.717) is 36.0 Å². The smallest absolute Gasteiger partial charge is 0.341 e. The van der Waals surface area contributed by atoms with Crippen LogP contribution >= 0.6 is 0 Å². The van der Waals surface area contributed by atoms with Crippen molar-refractivity contribution in [3.05, 3.63) is 77.9 Å². The van der Waals surface area contributed by atoms with Crippen molar-refractivity contribution in [2.45, 2.75) is 33.3 Å². The number of benzene rings is 3. The molecule has 1 atom stereocenters. The van der Waals surface area contributed by atoms with Crippen LogP contribution < -0.4 is 18.9 Å². The Kier molecular flexibility index (Phi) is 7.97. The molecule has 0 heterocycles. The summed E-state index contributed by atoms with van der Waals surface area (Å²) in [5, 5.41) is 8.73. The second-order valence-electron chi connectivity index (χ2n) is 7.54. The van der Waals surface area contributed by atoms with Crippen LogP contribution in [0.1, 0.15) is 24.5 Å². The molecular weight excluding hydrogens is 408 g/mol. The molecule has 168 valence electrons. The summed E-state index contributed by atoms with van der Waals surface area (Å²) in [6.45, 7) is 5.95. The highest BCUT2D eigenvalue weighted by Gasteiger charge is 2.12. The summed E-state index contributed by atoms with van der Waals surface area (Å²) < 4.78 is 23.2. The molecule has 0 fully saturated rings. The SMILES string of the molecule is Cc1ccc(O[C@H](C)CCOc2ccc(OCC(=O)O)c(C)c2)c(Oc2ccccc2)c1. The summed E-state index contributed by atoms with van der Waals surface area (Å²) in [6.07, 6.45) is 0.588. The number of aliphatic carboxylic acids is 1. The van der Waals surface area contributed by atoms with Gasteiger partial charge in [-0.25, -0.2) is 4.79 Å². The van der Waals surface area contributed by atoms with Gasteiger partial charge in [0.25, 0.3) is 0 Å². The zero-order valence-corrected chi connectivity index (χ0v) is 18.5. The summed E-state index contributed by atoms with van der Waals surface area (Å²) in [5.74, 6) is 2.33. The number of carboxylic acids is 1. The fourth-order valence-corrected chi connectivity index (χ4v) is 3.04. The molecule has 0 radical (unpaired) electrons. The molecule has 0 bridgehead atoms. The van der Waals surface area contributed by atoms with E-state index in [4.69, 9.17) is 24.1 Å². The minimum atomic E-state index is -1.01. The van der Waals surface area contributed by atoms with E-state index < -0.39 is 5.97 Å². The standard InChI is InChI=1S/C26H28O6/c1-18-9-11-24(25(15-18)32-21-7-5-4-6-8-21)31-20(3)13-14-29-22-10-12-23(19(2)16-22)30-17-26(27)28/h4-12,15-16,20H,13-14,17H2,1-3H3,(H,27,28)/t20-/m1/s1. The average molecular weight is 437 g/mol. The van der Waals surface area contributed by atoms with E-state index in [2.05, 4.69) is 0 Å². The van der Waals surface area contributed by atoms with Crippen LogP contribution in [0.25, 0.3) is 0 Å². The van der Waals surface area contributed by atoms with E-state index in [1.807, 2.05) is 75.4 Å². The maximum Gasteiger partial charge on any atom is 0.341 e. The lowest BCUT2D eigenvalue weighted by molar-refractivity contribution is -0.139. The minimum absolute atomic E-state index is 0.0879. The molecule has 0 spiro atoms. The van der Waals surface area contributed by atoms with Crippen molar-refractivity contribution >= 4 is 5.97 Å². The molecule has 1 N–H and O–H groups in total. The number of para-hydroxylation sites is 1. The quantitative estimate of drug-likeness (QED) is 0.410. The molecule has 0 aliphatic heterocycles. The van der Waals surface area contributed by atoms with E-state index in [0.717, 1.165) is 16.9 Å². The summed E-state index contributed by atoms with van der Waals surface area (Å²) in [7, 11) is 0. The van der Waals surface area contributed by atoms with Gasteiger partial charge in [-0.2, -0.15) is 0 Å². The Morgan fingerprint density at radius 2 is 1.62 bits per heavy atom. The highest BCUT2D eigenvalue weighted by atomic mass is 16.5. The van der Waals surface area contributed by atoms with Crippen LogP contribution in [0.5, 0.6) is 28.7 Å². The molecule has 0 amide bonds. The predicted octanol–water partition coefficient (Wildman–Crippen LogP) is 5.80. The Labute approximate surface area is 188 Å². The van der Waals surface area contributed by atoms with E-state index >= 15 is 0 Å². The molecule has 0 saturated heterocycles. The van der Waals surface area contributed by atoms with Crippen LogP contribution in [0.2, 0.25) is 0 Å². The normalized spacial score (nSPS) is 11.5. The summed E-state index contributed by atoms with van der Waals surface area (Å²) in [5.41, 5.74) is 1.90. The number of aryl methyl sites for hydroxylation is 2. The third-order valence-electron chi connectivity index (χ3n) is 4.69. The second-order valence-corrected chi connectivity index (χ2v) is 7.54. The maximum atomic E-state index is 10.6. The summed E-state index contributed by atoms with van der Waals surface area (Å²) in [6, 6.07) is 20.8. The zero-order chi connectivity index (χ0) is 22.9. The molecular formula is C26H28O6. The molecule has 3 rings (SSSR count). The molecule has 6 nitrogen and oxygen atoms in total. The van der Waals surface area contributed by atoms with Gasteiger partial charge >= 0.3 is 5.97 Å². The van der Waals surface area contributed by atoms with Crippen molar-refractivity contribution in [3.63, 3.8) is 0 Å². The number of carboxylic acid groups (broad SMARTS) is 1. The van der Waals surface area contributed by atoms with Gasteiger partial charge in [0.15, 0.2) is 18.1 Å². The van der Waals surface area contributed by atoms with E-state index in [9.17, 15) is 4.79 Å². The Morgan fingerprint density at radius 1 is 0.875 bits per heavy atom. The first-order chi connectivity index (χ1) is 15.4. The Bertz CT molecular complexity index is 1030. The van der Waals surface area contributed by atoms with Crippen LogP contribution in [-0.4, -0.2) is 30.4 Å². The van der Waals surface area contributed by atoms with Gasteiger partial charge in [0, 0.05) is 6.42 Å². The molecule has 0 aliphatic rings. The van der Waals surface area contributed by atoms with Crippen molar-refractivity contribution in [2.24, 2.45) is 0 Å². The summed E-state index contributed by atoms with van der Waals surface area (Å²) in [4.78, 5) is 10.6. The fourth-order valence-electron chi connectivity index (χ4n) is 3.04. The van der Waals surface area contributed by atoms with Gasteiger partial charge in [-0.3, -0.25) is 0 Å². The maximum absolute atomic E-state index is 10.6. The fraction of sp³-hybridized carbons (Fsp3) is 0.269. The molecule has 0 aliphatic carbocycles. The van der Waals surface area contributed by atoms with Crippen molar-refractivity contribution in [2.75, 3.05) is 13.2 Å². The van der Waals surface area contributed by atoms with Crippen LogP contribution in [-0.2, 0) is 4.79 Å². The minimum Gasteiger partial charge on any atom is -0.493 e.